The van der Waals surface area contributed by atoms with Crippen LogP contribution in [0.25, 0.3) is 11.3 Å². The standard InChI is InChI=1S/C19H13FN2O5S/c20-13-4-1-11(2-5-13)14-9-28-19(21-14)22-17(23)8-25-18(24)12-3-6-15-16(7-12)27-10-26-15/h1-7,9H,8,10H2,(H,21,22,23). The molecule has 1 aromatic heterocycles. The first-order valence-electron chi connectivity index (χ1n) is 8.16. The first-order valence-corrected chi connectivity index (χ1v) is 9.04. The summed E-state index contributed by atoms with van der Waals surface area (Å²) in [6.45, 7) is -0.358. The second kappa shape index (κ2) is 7.65. The van der Waals surface area contributed by atoms with E-state index in [2.05, 4.69) is 10.3 Å². The van der Waals surface area contributed by atoms with Crippen molar-refractivity contribution in [1.82, 2.24) is 4.98 Å². The van der Waals surface area contributed by atoms with Crippen molar-refractivity contribution in [2.45, 2.75) is 0 Å². The number of fused-ring (bicyclic) bond motifs is 1. The van der Waals surface area contributed by atoms with Crippen molar-refractivity contribution >= 4 is 28.3 Å². The highest BCUT2D eigenvalue weighted by molar-refractivity contribution is 7.14. The number of carbonyl (C=O) groups is 2. The molecule has 9 heteroatoms. The Labute approximate surface area is 162 Å². The lowest BCUT2D eigenvalue weighted by Crippen LogP contribution is -2.20. The maximum atomic E-state index is 13.0. The van der Waals surface area contributed by atoms with Gasteiger partial charge in [-0.2, -0.15) is 0 Å². The van der Waals surface area contributed by atoms with E-state index >= 15 is 0 Å². The molecule has 0 aliphatic carbocycles. The van der Waals surface area contributed by atoms with Gasteiger partial charge in [0.05, 0.1) is 11.3 Å². The molecule has 1 amide bonds. The van der Waals surface area contributed by atoms with E-state index in [0.29, 0.717) is 22.3 Å². The summed E-state index contributed by atoms with van der Waals surface area (Å²) in [4.78, 5) is 28.4. The number of hydrogen-bond donors (Lipinski definition) is 1. The van der Waals surface area contributed by atoms with E-state index in [1.807, 2.05) is 0 Å². The molecule has 2 heterocycles. The molecule has 0 saturated carbocycles. The number of thiazole rings is 1. The van der Waals surface area contributed by atoms with Gasteiger partial charge in [0.25, 0.3) is 5.91 Å². The molecule has 142 valence electrons. The average molecular weight is 400 g/mol. The number of nitrogens with one attached hydrogen (secondary N) is 1. The number of amides is 1. The molecule has 4 rings (SSSR count). The number of carbonyl (C=O) groups excluding carboxylic acids is 2. The largest absolute Gasteiger partial charge is 0.454 e. The molecule has 1 aliphatic rings. The fourth-order valence-electron chi connectivity index (χ4n) is 2.48. The Bertz CT molecular complexity index is 1040. The molecular weight excluding hydrogens is 387 g/mol. The van der Waals surface area contributed by atoms with Gasteiger partial charge < -0.3 is 14.2 Å². The number of nitrogens with zero attached hydrogens (tertiary/aromatic N) is 1. The number of benzene rings is 2. The molecule has 0 spiro atoms. The highest BCUT2D eigenvalue weighted by atomic mass is 32.1. The third kappa shape index (κ3) is 3.94. The fraction of sp³-hybridized carbons (Fsp3) is 0.105. The molecule has 1 aliphatic heterocycles. The topological polar surface area (TPSA) is 86.8 Å². The second-order valence-electron chi connectivity index (χ2n) is 5.74. The molecule has 7 nitrogen and oxygen atoms in total. The van der Waals surface area contributed by atoms with Crippen molar-refractivity contribution in [2.75, 3.05) is 18.7 Å². The van der Waals surface area contributed by atoms with E-state index in [0.717, 1.165) is 5.56 Å². The maximum Gasteiger partial charge on any atom is 0.338 e. The Kier molecular flexibility index (Phi) is 4.90. The minimum absolute atomic E-state index is 0.101. The first-order chi connectivity index (χ1) is 13.6. The summed E-state index contributed by atoms with van der Waals surface area (Å²) >= 11 is 1.21. The lowest BCUT2D eigenvalue weighted by molar-refractivity contribution is -0.119. The highest BCUT2D eigenvalue weighted by Gasteiger charge is 2.18. The lowest BCUT2D eigenvalue weighted by atomic mass is 10.2. The molecule has 0 unspecified atom stereocenters. The molecule has 2 aromatic carbocycles. The van der Waals surface area contributed by atoms with Crippen LogP contribution in [-0.4, -0.2) is 30.3 Å². The van der Waals surface area contributed by atoms with Gasteiger partial charge in [-0.05, 0) is 42.5 Å². The Morgan fingerprint density at radius 3 is 2.75 bits per heavy atom. The van der Waals surface area contributed by atoms with Crippen LogP contribution in [0.1, 0.15) is 10.4 Å². The summed E-state index contributed by atoms with van der Waals surface area (Å²) in [6, 6.07) is 10.5. The van der Waals surface area contributed by atoms with Crippen molar-refractivity contribution in [3.8, 4) is 22.8 Å². The number of hydrogen-bond acceptors (Lipinski definition) is 7. The molecule has 3 aromatic rings. The molecule has 0 radical (unpaired) electrons. The van der Waals surface area contributed by atoms with Gasteiger partial charge in [0.1, 0.15) is 5.82 Å². The van der Waals surface area contributed by atoms with Gasteiger partial charge >= 0.3 is 5.97 Å². The zero-order chi connectivity index (χ0) is 19.5. The van der Waals surface area contributed by atoms with Crippen LogP contribution < -0.4 is 14.8 Å². The molecule has 0 fully saturated rings. The van der Waals surface area contributed by atoms with E-state index in [-0.39, 0.29) is 18.2 Å². The molecule has 0 saturated heterocycles. The van der Waals surface area contributed by atoms with Gasteiger partial charge in [-0.25, -0.2) is 14.2 Å². The van der Waals surface area contributed by atoms with Crippen LogP contribution in [0, 0.1) is 5.82 Å². The second-order valence-corrected chi connectivity index (χ2v) is 6.60. The van der Waals surface area contributed by atoms with Crippen molar-refractivity contribution in [2.24, 2.45) is 0 Å². The van der Waals surface area contributed by atoms with Crippen LogP contribution in [0.3, 0.4) is 0 Å². The minimum Gasteiger partial charge on any atom is -0.454 e. The number of rotatable bonds is 5. The smallest absolute Gasteiger partial charge is 0.338 e. The third-order valence-corrected chi connectivity index (χ3v) is 4.59. The summed E-state index contributed by atoms with van der Waals surface area (Å²) in [6.07, 6.45) is 0. The molecule has 1 N–H and O–H groups in total. The van der Waals surface area contributed by atoms with Crippen LogP contribution in [0.15, 0.2) is 47.8 Å². The van der Waals surface area contributed by atoms with Crippen LogP contribution >= 0.6 is 11.3 Å². The summed E-state index contributed by atoms with van der Waals surface area (Å²) in [5.41, 5.74) is 1.59. The molecule has 28 heavy (non-hydrogen) atoms. The number of halogens is 1. The van der Waals surface area contributed by atoms with E-state index in [9.17, 15) is 14.0 Å². The molecule has 0 atom stereocenters. The fourth-order valence-corrected chi connectivity index (χ4v) is 3.21. The third-order valence-electron chi connectivity index (χ3n) is 3.83. The van der Waals surface area contributed by atoms with Crippen LogP contribution in [0.5, 0.6) is 11.5 Å². The van der Waals surface area contributed by atoms with Gasteiger partial charge in [-0.15, -0.1) is 11.3 Å². The Morgan fingerprint density at radius 1 is 1.14 bits per heavy atom. The molecule has 0 bridgehead atoms. The van der Waals surface area contributed by atoms with Gasteiger partial charge in [0.2, 0.25) is 6.79 Å². The van der Waals surface area contributed by atoms with E-state index in [1.165, 1.54) is 35.6 Å². The Morgan fingerprint density at radius 2 is 1.93 bits per heavy atom. The maximum absolute atomic E-state index is 13.0. The summed E-state index contributed by atoms with van der Waals surface area (Å²) < 4.78 is 28.4. The highest BCUT2D eigenvalue weighted by Crippen LogP contribution is 2.32. The number of aromatic nitrogens is 1. The van der Waals surface area contributed by atoms with Crippen LogP contribution in [0.2, 0.25) is 0 Å². The van der Waals surface area contributed by atoms with E-state index < -0.39 is 18.5 Å². The van der Waals surface area contributed by atoms with Crippen molar-refractivity contribution in [3.05, 3.63) is 59.2 Å². The first kappa shape index (κ1) is 17.9. The van der Waals surface area contributed by atoms with E-state index in [4.69, 9.17) is 14.2 Å². The van der Waals surface area contributed by atoms with Gasteiger partial charge in [0, 0.05) is 10.9 Å². The predicted octanol–water partition coefficient (Wildman–Crippen LogP) is 3.47. The number of ether oxygens (including phenoxy) is 3. The monoisotopic (exact) mass is 400 g/mol. The van der Waals surface area contributed by atoms with Crippen molar-refractivity contribution in [1.29, 1.82) is 0 Å². The van der Waals surface area contributed by atoms with Crippen molar-refractivity contribution < 1.29 is 28.2 Å². The number of anilines is 1. The Balaban J connectivity index is 1.32. The van der Waals surface area contributed by atoms with Crippen LogP contribution in [-0.2, 0) is 9.53 Å². The zero-order valence-electron chi connectivity index (χ0n) is 14.3. The summed E-state index contributed by atoms with van der Waals surface area (Å²) in [7, 11) is 0. The zero-order valence-corrected chi connectivity index (χ0v) is 15.1. The number of esters is 1. The van der Waals surface area contributed by atoms with Gasteiger partial charge in [-0.1, -0.05) is 0 Å². The van der Waals surface area contributed by atoms with Crippen molar-refractivity contribution in [3.63, 3.8) is 0 Å². The van der Waals surface area contributed by atoms with E-state index in [1.54, 1.807) is 23.6 Å². The van der Waals surface area contributed by atoms with Gasteiger partial charge in [0.15, 0.2) is 23.2 Å². The molecular formula is C19H13FN2O5S. The minimum atomic E-state index is -0.653. The Hall–Kier alpha value is -3.46. The normalized spacial score (nSPS) is 11.9. The summed E-state index contributed by atoms with van der Waals surface area (Å²) in [5, 5.41) is 4.65. The lowest BCUT2D eigenvalue weighted by Gasteiger charge is -2.05. The van der Waals surface area contributed by atoms with Crippen LogP contribution in [0.4, 0.5) is 9.52 Å². The quantitative estimate of drug-likeness (QED) is 0.660. The predicted molar refractivity (Wildman–Crippen MR) is 99.0 cm³/mol. The average Bonchev–Trinajstić information content (AvgIpc) is 3.35. The van der Waals surface area contributed by atoms with Gasteiger partial charge in [-0.3, -0.25) is 10.1 Å². The summed E-state index contributed by atoms with van der Waals surface area (Å²) in [5.74, 6) is -0.504. The SMILES string of the molecule is O=C(COC(=O)c1ccc2c(c1)OCO2)Nc1nc(-c2ccc(F)cc2)cs1.